The second kappa shape index (κ2) is 35.1. The van der Waals surface area contributed by atoms with Crippen molar-refractivity contribution < 1.29 is 24.2 Å². The molecule has 5 heteroatoms. The van der Waals surface area contributed by atoms with Gasteiger partial charge in [0.1, 0.15) is 6.61 Å². The van der Waals surface area contributed by atoms with E-state index in [4.69, 9.17) is 9.47 Å². The smallest absolute Gasteiger partial charge is 0.306 e. The molecule has 0 aliphatic carbocycles. The highest BCUT2D eigenvalue weighted by Gasteiger charge is 2.16. The predicted molar refractivity (Wildman–Crippen MR) is 187 cm³/mol. The molecule has 5 nitrogen and oxygen atoms in total. The lowest BCUT2D eigenvalue weighted by atomic mass is 10.1. The van der Waals surface area contributed by atoms with Crippen LogP contribution in [0.5, 0.6) is 0 Å². The van der Waals surface area contributed by atoms with E-state index in [0.29, 0.717) is 12.8 Å². The van der Waals surface area contributed by atoms with Crippen LogP contribution in [0.4, 0.5) is 0 Å². The topological polar surface area (TPSA) is 72.8 Å². The molecule has 1 atom stereocenters. The normalized spacial score (nSPS) is 12.9. The van der Waals surface area contributed by atoms with E-state index in [2.05, 4.69) is 74.6 Å². The van der Waals surface area contributed by atoms with Crippen LogP contribution < -0.4 is 0 Å². The number of hydrogen-bond acceptors (Lipinski definition) is 5. The van der Waals surface area contributed by atoms with Gasteiger partial charge >= 0.3 is 11.9 Å². The van der Waals surface area contributed by atoms with E-state index in [1.54, 1.807) is 0 Å². The van der Waals surface area contributed by atoms with Gasteiger partial charge in [-0.1, -0.05) is 126 Å². The van der Waals surface area contributed by atoms with Crippen LogP contribution >= 0.6 is 0 Å². The highest BCUT2D eigenvalue weighted by atomic mass is 16.6. The van der Waals surface area contributed by atoms with Crippen molar-refractivity contribution in [2.45, 2.75) is 161 Å². The molecule has 0 rings (SSSR count). The maximum atomic E-state index is 12.1. The Hall–Kier alpha value is -2.40. The zero-order valence-electron chi connectivity index (χ0n) is 28.4. The molecule has 0 fully saturated rings. The minimum Gasteiger partial charge on any atom is -0.462 e. The zero-order valence-corrected chi connectivity index (χ0v) is 28.4. The summed E-state index contributed by atoms with van der Waals surface area (Å²) in [5.41, 5.74) is 0. The molecule has 0 aliphatic heterocycles. The molecule has 252 valence electrons. The monoisotopic (exact) mass is 614 g/mol. The van der Waals surface area contributed by atoms with Crippen LogP contribution in [0.25, 0.3) is 0 Å². The van der Waals surface area contributed by atoms with Crippen molar-refractivity contribution in [1.82, 2.24) is 0 Å². The molecule has 0 aliphatic rings. The van der Waals surface area contributed by atoms with Gasteiger partial charge in [-0.2, -0.15) is 0 Å². The van der Waals surface area contributed by atoms with Gasteiger partial charge in [0.25, 0.3) is 0 Å². The van der Waals surface area contributed by atoms with E-state index in [0.717, 1.165) is 89.9 Å². The van der Waals surface area contributed by atoms with Gasteiger partial charge in [0, 0.05) is 12.8 Å². The quantitative estimate of drug-likeness (QED) is 0.0478. The van der Waals surface area contributed by atoms with Gasteiger partial charge in [0.05, 0.1) is 6.61 Å². The Morgan fingerprint density at radius 1 is 0.545 bits per heavy atom. The van der Waals surface area contributed by atoms with Crippen LogP contribution in [0, 0.1) is 0 Å². The lowest BCUT2D eigenvalue weighted by Crippen LogP contribution is -2.28. The second-order valence-corrected chi connectivity index (χ2v) is 11.6. The highest BCUT2D eigenvalue weighted by molar-refractivity contribution is 5.70. The summed E-state index contributed by atoms with van der Waals surface area (Å²) in [4.78, 5) is 24.2. The summed E-state index contributed by atoms with van der Waals surface area (Å²) in [6.45, 7) is 3.95. The van der Waals surface area contributed by atoms with Crippen molar-refractivity contribution >= 4 is 11.9 Å². The Labute approximate surface area is 271 Å². The van der Waals surface area contributed by atoms with E-state index >= 15 is 0 Å². The summed E-state index contributed by atoms with van der Waals surface area (Å²) in [7, 11) is 0. The third kappa shape index (κ3) is 32.5. The number of carbonyl (C=O) groups is 2. The van der Waals surface area contributed by atoms with E-state index < -0.39 is 6.10 Å². The number of rotatable bonds is 31. The van der Waals surface area contributed by atoms with Crippen molar-refractivity contribution in [3.63, 3.8) is 0 Å². The number of esters is 2. The molecular weight excluding hydrogens is 548 g/mol. The Bertz CT molecular complexity index is 792. The van der Waals surface area contributed by atoms with Crippen LogP contribution in [0.2, 0.25) is 0 Å². The number of ether oxygens (including phenoxy) is 2. The van der Waals surface area contributed by atoms with E-state index in [9.17, 15) is 14.7 Å². The molecule has 0 bridgehead atoms. The van der Waals surface area contributed by atoms with Crippen molar-refractivity contribution in [1.29, 1.82) is 0 Å². The van der Waals surface area contributed by atoms with Crippen molar-refractivity contribution in [3.05, 3.63) is 60.8 Å². The highest BCUT2D eigenvalue weighted by Crippen LogP contribution is 2.11. The summed E-state index contributed by atoms with van der Waals surface area (Å²) in [5.74, 6) is -0.633. The summed E-state index contributed by atoms with van der Waals surface area (Å²) < 4.78 is 10.6. The molecule has 0 unspecified atom stereocenters. The molecule has 0 radical (unpaired) electrons. The molecule has 44 heavy (non-hydrogen) atoms. The SMILES string of the molecule is CC/C=C/C/C=C/C/C=C/CCCCCCCC(=O)OC[C@H](CO)OC(=O)CCCCCCC/C=C/C/C=C/CCCCC. The fraction of sp³-hybridized carbons (Fsp3) is 0.692. The standard InChI is InChI=1S/C39H66O5/c1-3-5-7-9-11-13-15-17-19-21-23-25-27-29-31-33-38(41)43-36-37(35-40)44-39(42)34-32-30-28-26-24-22-20-18-16-14-12-10-8-6-4-2/h5,7,11-14,17-20,37,40H,3-4,6,8-10,15-16,21-36H2,1-2H3/b7-5+,13-11+,14-12+,19-17+,20-18+/t37-/m0/s1. The number of carbonyl (C=O) groups excluding carboxylic acids is 2. The van der Waals surface area contributed by atoms with Crippen LogP contribution in [-0.4, -0.2) is 36.4 Å². The van der Waals surface area contributed by atoms with Crippen molar-refractivity contribution in [2.75, 3.05) is 13.2 Å². The summed E-state index contributed by atoms with van der Waals surface area (Å²) >= 11 is 0. The van der Waals surface area contributed by atoms with Gasteiger partial charge in [-0.3, -0.25) is 9.59 Å². The maximum absolute atomic E-state index is 12.1. The molecule has 0 amide bonds. The minimum absolute atomic E-state index is 0.0831. The first-order valence-corrected chi connectivity index (χ1v) is 17.8. The predicted octanol–water partition coefficient (Wildman–Crippen LogP) is 10.8. The van der Waals surface area contributed by atoms with Gasteiger partial charge in [-0.05, 0) is 77.0 Å². The number of hydrogen-bond donors (Lipinski definition) is 1. The Balaban J connectivity index is 3.65. The lowest BCUT2D eigenvalue weighted by molar-refractivity contribution is -0.161. The maximum Gasteiger partial charge on any atom is 0.306 e. The Morgan fingerprint density at radius 2 is 0.977 bits per heavy atom. The summed E-state index contributed by atoms with van der Waals surface area (Å²) in [6, 6.07) is 0. The average molecular weight is 615 g/mol. The van der Waals surface area contributed by atoms with Gasteiger partial charge < -0.3 is 14.6 Å². The minimum atomic E-state index is -0.786. The third-order valence-corrected chi connectivity index (χ3v) is 7.30. The number of aliphatic hydroxyl groups excluding tert-OH is 1. The number of allylic oxidation sites excluding steroid dienone is 10. The molecular formula is C39H66O5. The van der Waals surface area contributed by atoms with E-state index in [1.165, 1.54) is 38.5 Å². The fourth-order valence-electron chi connectivity index (χ4n) is 4.60. The van der Waals surface area contributed by atoms with E-state index in [1.807, 2.05) is 0 Å². The van der Waals surface area contributed by atoms with Crippen LogP contribution in [0.3, 0.4) is 0 Å². The van der Waals surface area contributed by atoms with Crippen molar-refractivity contribution in [3.8, 4) is 0 Å². The molecule has 0 heterocycles. The average Bonchev–Trinajstić information content (AvgIpc) is 3.02. The molecule has 1 N–H and O–H groups in total. The first-order chi connectivity index (χ1) is 21.6. The second-order valence-electron chi connectivity index (χ2n) is 11.6. The van der Waals surface area contributed by atoms with Crippen LogP contribution in [-0.2, 0) is 19.1 Å². The first kappa shape index (κ1) is 41.6. The van der Waals surface area contributed by atoms with Gasteiger partial charge in [0.15, 0.2) is 6.10 Å². The first-order valence-electron chi connectivity index (χ1n) is 17.8. The van der Waals surface area contributed by atoms with Crippen LogP contribution in [0.15, 0.2) is 60.8 Å². The molecule has 0 saturated carbocycles. The Kier molecular flexibility index (Phi) is 33.2. The van der Waals surface area contributed by atoms with Crippen molar-refractivity contribution in [2.24, 2.45) is 0 Å². The zero-order chi connectivity index (χ0) is 32.2. The van der Waals surface area contributed by atoms with Crippen LogP contribution in [0.1, 0.15) is 155 Å². The molecule has 0 aromatic heterocycles. The summed E-state index contributed by atoms with van der Waals surface area (Å²) in [6.07, 6.45) is 44.1. The lowest BCUT2D eigenvalue weighted by Gasteiger charge is -2.15. The van der Waals surface area contributed by atoms with E-state index in [-0.39, 0.29) is 25.2 Å². The number of aliphatic hydroxyl groups is 1. The van der Waals surface area contributed by atoms with Gasteiger partial charge in [0.2, 0.25) is 0 Å². The molecule has 0 aromatic carbocycles. The Morgan fingerprint density at radius 3 is 1.48 bits per heavy atom. The third-order valence-electron chi connectivity index (χ3n) is 7.30. The fourth-order valence-corrected chi connectivity index (χ4v) is 4.60. The van der Waals surface area contributed by atoms with Gasteiger partial charge in [-0.15, -0.1) is 0 Å². The number of unbranched alkanes of at least 4 members (excludes halogenated alkanes) is 13. The largest absolute Gasteiger partial charge is 0.462 e. The molecule has 0 saturated heterocycles. The molecule has 0 spiro atoms. The van der Waals surface area contributed by atoms with Gasteiger partial charge in [-0.25, -0.2) is 0 Å². The molecule has 0 aromatic rings. The summed E-state index contributed by atoms with van der Waals surface area (Å²) in [5, 5.41) is 9.52.